The molecule has 16 aromatic rings. The summed E-state index contributed by atoms with van der Waals surface area (Å²) in [7, 11) is 2.81. The van der Waals surface area contributed by atoms with Gasteiger partial charge in [-0.15, -0.1) is 32.9 Å². The van der Waals surface area contributed by atoms with Gasteiger partial charge in [0.1, 0.15) is 40.9 Å². The molecule has 19 rings (SSSR count). The molecule has 0 radical (unpaired) electrons. The molecular formula is C101H91ClFN11O15S4. The largest absolute Gasteiger partial charge is 0.495 e. The fraction of sp³-hybridized carbons (Fsp3) is 0.198. The maximum Gasteiger partial charge on any atom is 0.354 e. The summed E-state index contributed by atoms with van der Waals surface area (Å²) >= 11 is 12.2. The number of ketones is 1. The van der Waals surface area contributed by atoms with Crippen molar-refractivity contribution >= 4 is 149 Å². The molecule has 2 aliphatic heterocycles. The Morgan fingerprint density at radius 1 is 0.669 bits per heavy atom. The summed E-state index contributed by atoms with van der Waals surface area (Å²) < 4.78 is 52.1. The Morgan fingerprint density at radius 3 is 2.08 bits per heavy atom. The van der Waals surface area contributed by atoms with Crippen LogP contribution in [0, 0.1) is 23.6 Å². The highest BCUT2D eigenvalue weighted by molar-refractivity contribution is 8.00. The number of para-hydroxylation sites is 3. The molecule has 8 aromatic heterocycles. The van der Waals surface area contributed by atoms with Gasteiger partial charge < -0.3 is 68.0 Å². The normalized spacial score (nSPS) is 15.6. The van der Waals surface area contributed by atoms with Gasteiger partial charge in [0.2, 0.25) is 34.5 Å². The highest BCUT2D eigenvalue weighted by atomic mass is 35.5. The Labute approximate surface area is 785 Å². The van der Waals surface area contributed by atoms with Crippen LogP contribution in [0.25, 0.3) is 33.6 Å². The number of benzene rings is 8. The van der Waals surface area contributed by atoms with E-state index in [1.54, 1.807) is 150 Å². The lowest BCUT2D eigenvalue weighted by molar-refractivity contribution is -0.147. The number of carbonyl (C=O) groups excluding carboxylic acids is 8. The van der Waals surface area contributed by atoms with Crippen LogP contribution in [0.5, 0.6) is 11.5 Å². The lowest BCUT2D eigenvalue weighted by atomic mass is 9.86. The van der Waals surface area contributed by atoms with Gasteiger partial charge in [-0.2, -0.15) is 0 Å². The van der Waals surface area contributed by atoms with Crippen LogP contribution in [0.1, 0.15) is 101 Å². The predicted octanol–water partition coefficient (Wildman–Crippen LogP) is 20.4. The number of furan rings is 3. The van der Waals surface area contributed by atoms with Crippen LogP contribution >= 0.6 is 57.4 Å². The van der Waals surface area contributed by atoms with Crippen LogP contribution in [0.2, 0.25) is 5.02 Å². The second-order valence-corrected chi connectivity index (χ2v) is 35.9. The molecule has 1 aliphatic carbocycles. The van der Waals surface area contributed by atoms with Crippen LogP contribution in [0.15, 0.2) is 312 Å². The molecule has 3 aliphatic rings. The standard InChI is InChI=1S/C26H21NO4.C23H27N3OS2.C19H16N2O5.C18H16FN3OS2.C15H11ClN2O4/c1-16-12-14-18(15-13-16)27-23(29)26-21(19-10-6-7-11-20(19)31-24(26)30)25(26,2)22(28)17-8-4-3-5-9-17;1-18(24-22(27)17-20-9-5-15-28-20)23(21-10-6-16-29-21)26-13-11-25(12-14-26)19-7-3-2-4-8-19;1-24-19(23)14-9-16-18(13-6-2-3-7-15(13)26-16)21(14)11-17(22)20-10-12-5-4-8-25-12;19-15-9-6-14(7-10-15)12-24-18-22-21-17(25-18)20-16(23)11-8-13-4-2-1-3-5-13;1-20-12-5-4-9(16)7-10(12)17-15(19)11-8-14(22-18-11)13-3-2-6-21-13/h3-15,21H,1-2H3,(H,27,29);2-10,15-16,18,23H,11-14,17H2,1H3,(H,24,27);2-9H,10-11H2,1H3,(H,20,22);1-7,9-10H,8,11-12H2,(H,20,21,23);2-8H,1H3,(H,17,19). The first kappa shape index (κ1) is 93.3. The topological polar surface area (TPSA) is 327 Å². The lowest BCUT2D eigenvalue weighted by Gasteiger charge is -2.42. The van der Waals surface area contributed by atoms with Crippen LogP contribution < -0.4 is 41.0 Å². The smallest absolute Gasteiger partial charge is 0.354 e. The number of aryl methyl sites for hydroxylation is 2. The van der Waals surface area contributed by atoms with Crippen molar-refractivity contribution in [1.29, 1.82) is 0 Å². The third-order valence-electron chi connectivity index (χ3n) is 22.6. The van der Waals surface area contributed by atoms with Crippen molar-refractivity contribution in [2.45, 2.75) is 81.2 Å². The van der Waals surface area contributed by atoms with E-state index >= 15 is 0 Å². The first-order valence-electron chi connectivity index (χ1n) is 42.4. The first-order chi connectivity index (χ1) is 64.6. The second kappa shape index (κ2) is 43.6. The zero-order valence-corrected chi connectivity index (χ0v) is 76.7. The first-order valence-corrected chi connectivity index (χ1v) is 46.3. The minimum Gasteiger partial charge on any atom is -0.495 e. The number of nitrogens with zero attached hydrogens (tertiary/aromatic N) is 6. The van der Waals surface area contributed by atoms with Gasteiger partial charge in [-0.1, -0.05) is 191 Å². The predicted molar refractivity (Wildman–Crippen MR) is 512 cm³/mol. The second-order valence-electron chi connectivity index (χ2n) is 31.3. The van der Waals surface area contributed by atoms with Crippen molar-refractivity contribution in [1.82, 2.24) is 35.5 Å². The zero-order valence-electron chi connectivity index (χ0n) is 72.7. The highest BCUT2D eigenvalue weighted by Gasteiger charge is 2.88. The number of piperazine rings is 1. The molecule has 0 spiro atoms. The molecule has 5 N–H and O–H groups in total. The number of anilines is 4. The van der Waals surface area contributed by atoms with E-state index in [1.165, 1.54) is 72.3 Å². The summed E-state index contributed by atoms with van der Waals surface area (Å²) in [6.07, 6.45) is 4.61. The van der Waals surface area contributed by atoms with E-state index in [1.807, 2.05) is 109 Å². The Kier molecular flexibility index (Phi) is 30.6. The SMILES string of the molecule is CC(NC(=O)Cc1cccs1)C(c1cccs1)N1CCN(c2ccccc2)CC1.COC(=O)c1cc2oc3ccccc3c2n1CC(=O)NCc1ccco1.COc1ccc(Cl)cc1NC(=O)c1cc(-c2ccco2)on1.Cc1ccc(NC(=O)C23C(=O)Oc4ccccc4C2C3(C)C(=O)c2ccccc2)cc1.O=C(CCc1ccccc1)Nc1nnc(SCc2ccc(F)cc2)s1. The average Bonchev–Trinajstić information content (AvgIpc) is 1.46. The van der Waals surface area contributed by atoms with E-state index < -0.39 is 40.5 Å². The highest BCUT2D eigenvalue weighted by Crippen LogP contribution is 2.78. The molecule has 1 saturated heterocycles. The fourth-order valence-electron chi connectivity index (χ4n) is 16.1. The summed E-state index contributed by atoms with van der Waals surface area (Å²) in [4.78, 5) is 109. The van der Waals surface area contributed by atoms with E-state index in [-0.39, 0.29) is 65.9 Å². The molecule has 133 heavy (non-hydrogen) atoms. The number of carbonyl (C=O) groups is 8. The molecule has 0 bridgehead atoms. The van der Waals surface area contributed by atoms with Gasteiger partial charge in [-0.3, -0.25) is 38.5 Å². The molecule has 26 nitrogen and oxygen atoms in total. The number of amides is 5. The van der Waals surface area contributed by atoms with E-state index in [9.17, 15) is 42.7 Å². The number of thiophene rings is 2. The quantitative estimate of drug-likeness (QED) is 0.00797. The van der Waals surface area contributed by atoms with Crippen LogP contribution in [-0.4, -0.2) is 119 Å². The number of rotatable bonds is 27. The molecule has 5 amide bonds. The number of esters is 2. The van der Waals surface area contributed by atoms with Gasteiger partial charge in [0.15, 0.2) is 32.6 Å². The third-order valence-corrected chi connectivity index (χ3v) is 26.7. The molecule has 2 fully saturated rings. The maximum absolute atomic E-state index is 13.7. The van der Waals surface area contributed by atoms with Gasteiger partial charge >= 0.3 is 11.9 Å². The number of halogens is 2. The Morgan fingerprint density at radius 2 is 1.38 bits per heavy atom. The molecule has 32 heteroatoms. The third kappa shape index (κ3) is 22.5. The van der Waals surface area contributed by atoms with Crippen LogP contribution in [0.4, 0.5) is 26.6 Å². The maximum atomic E-state index is 13.7. The Bertz CT molecular complexity index is 6650. The fourth-order valence-corrected chi connectivity index (χ4v) is 19.6. The van der Waals surface area contributed by atoms with Crippen LogP contribution in [-0.2, 0) is 60.4 Å². The van der Waals surface area contributed by atoms with E-state index in [0.717, 1.165) is 57.5 Å². The summed E-state index contributed by atoms with van der Waals surface area (Å²) in [6, 6.07) is 81.1. The minimum absolute atomic E-state index is 0.0435. The minimum atomic E-state index is -1.63. The van der Waals surface area contributed by atoms with Crippen molar-refractivity contribution in [3.05, 3.63) is 356 Å². The molecule has 5 unspecified atom stereocenters. The van der Waals surface area contributed by atoms with Gasteiger partial charge in [-0.25, -0.2) is 9.18 Å². The molecule has 8 aromatic carbocycles. The number of fused-ring (bicyclic) bond motifs is 6. The van der Waals surface area contributed by atoms with Crippen molar-refractivity contribution in [3.8, 4) is 23.0 Å². The molecule has 1 saturated carbocycles. The monoisotopic (exact) mass is 1880 g/mol. The van der Waals surface area contributed by atoms with Gasteiger partial charge in [0.05, 0.1) is 62.4 Å². The van der Waals surface area contributed by atoms with E-state index in [0.29, 0.717) is 103 Å². The number of hydrogen-bond donors (Lipinski definition) is 5. The molecule has 10 heterocycles. The summed E-state index contributed by atoms with van der Waals surface area (Å²) in [5, 5.41) is 32.1. The van der Waals surface area contributed by atoms with Crippen molar-refractivity contribution < 1.29 is 74.7 Å². The van der Waals surface area contributed by atoms with Crippen molar-refractivity contribution in [3.63, 3.8) is 0 Å². The number of ether oxygens (including phenoxy) is 3. The number of Topliss-reactive ketones (excluding diaryl/α,β-unsaturated/α-hetero) is 1. The average molecular weight is 1880 g/mol. The lowest BCUT2D eigenvalue weighted by Crippen LogP contribution is -2.52. The summed E-state index contributed by atoms with van der Waals surface area (Å²) in [5.41, 5.74) is 6.07. The number of aromatic nitrogens is 4. The van der Waals surface area contributed by atoms with Gasteiger partial charge in [-0.05, 0) is 158 Å². The molecule has 5 atom stereocenters. The molecule has 678 valence electrons. The number of thioether (sulfide) groups is 1. The van der Waals surface area contributed by atoms with Gasteiger partial charge in [0.25, 0.3) is 5.91 Å². The van der Waals surface area contributed by atoms with E-state index in [4.69, 9.17) is 43.6 Å². The van der Waals surface area contributed by atoms with Crippen LogP contribution in [0.3, 0.4) is 0 Å². The van der Waals surface area contributed by atoms with Gasteiger partial charge in [0, 0.05) is 105 Å². The summed E-state index contributed by atoms with van der Waals surface area (Å²) in [5.74, 6) is -0.412. The number of nitrogens with one attached hydrogen (secondary N) is 5. The van der Waals surface area contributed by atoms with Crippen molar-refractivity contribution in [2.24, 2.45) is 10.8 Å². The Hall–Kier alpha value is -14.3. The zero-order chi connectivity index (χ0) is 93.0. The van der Waals surface area contributed by atoms with E-state index in [2.05, 4.69) is 107 Å². The Balaban J connectivity index is 0.000000128. The van der Waals surface area contributed by atoms with Crippen molar-refractivity contribution in [2.75, 3.05) is 61.2 Å². The summed E-state index contributed by atoms with van der Waals surface area (Å²) in [6.45, 7) is 10.0. The number of hydrogen-bond acceptors (Lipinski definition) is 24. The number of methoxy groups -OCH3 is 2. The molecular weight excluding hydrogens is 1790 g/mol.